The van der Waals surface area contributed by atoms with Crippen molar-refractivity contribution in [2.45, 2.75) is 32.5 Å². The molecular formula is C29H27N3O5. The number of benzene rings is 2. The molecular weight excluding hydrogens is 470 g/mol. The molecule has 1 aliphatic heterocycles. The van der Waals surface area contributed by atoms with Gasteiger partial charge in [-0.1, -0.05) is 24.3 Å². The van der Waals surface area contributed by atoms with Gasteiger partial charge in [0, 0.05) is 31.0 Å². The monoisotopic (exact) mass is 497 g/mol. The topological polar surface area (TPSA) is 97.8 Å². The molecule has 0 saturated carbocycles. The average molecular weight is 498 g/mol. The van der Waals surface area contributed by atoms with Crippen LogP contribution in [0.4, 0.5) is 0 Å². The molecule has 1 fully saturated rings. The van der Waals surface area contributed by atoms with Gasteiger partial charge in [0.25, 0.3) is 11.7 Å². The number of aryl methyl sites for hydroxylation is 2. The van der Waals surface area contributed by atoms with E-state index in [4.69, 9.17) is 9.15 Å². The van der Waals surface area contributed by atoms with Crippen LogP contribution in [0.3, 0.4) is 0 Å². The molecule has 1 aliphatic rings. The summed E-state index contributed by atoms with van der Waals surface area (Å²) < 4.78 is 13.4. The van der Waals surface area contributed by atoms with Gasteiger partial charge in [0.15, 0.2) is 0 Å². The number of imidazole rings is 1. The van der Waals surface area contributed by atoms with Gasteiger partial charge in [0.05, 0.1) is 18.2 Å². The van der Waals surface area contributed by atoms with Gasteiger partial charge >= 0.3 is 0 Å². The summed E-state index contributed by atoms with van der Waals surface area (Å²) >= 11 is 0. The van der Waals surface area contributed by atoms with Crippen molar-refractivity contribution in [3.8, 4) is 5.75 Å². The summed E-state index contributed by atoms with van der Waals surface area (Å²) in [5.74, 6) is -0.598. The molecule has 1 saturated heterocycles. The predicted octanol–water partition coefficient (Wildman–Crippen LogP) is 4.88. The first-order chi connectivity index (χ1) is 18.0. The minimum atomic E-state index is -0.810. The maximum atomic E-state index is 13.1. The van der Waals surface area contributed by atoms with Gasteiger partial charge in [-0.3, -0.25) is 9.59 Å². The number of ketones is 1. The van der Waals surface area contributed by atoms with Crippen molar-refractivity contribution >= 4 is 17.4 Å². The van der Waals surface area contributed by atoms with E-state index in [1.807, 2.05) is 42.0 Å². The standard InChI is InChI=1S/C29H27N3O5/c1-20-6-2-3-7-22(20)18-37-23-11-9-21(10-12-23)27(33)25-26(24-8-4-17-36-24)32(29(35)28(25)34)15-5-14-31-16-13-30-19-31/h2-4,6-13,16-17,19,26,33H,5,14-15,18H2,1H3/t26-/m0/s1. The maximum absolute atomic E-state index is 13.1. The van der Waals surface area contributed by atoms with E-state index in [-0.39, 0.29) is 11.3 Å². The zero-order valence-corrected chi connectivity index (χ0v) is 20.4. The number of carbonyl (C=O) groups excluding carboxylic acids is 2. The van der Waals surface area contributed by atoms with Gasteiger partial charge in [0.2, 0.25) is 0 Å². The van der Waals surface area contributed by atoms with Gasteiger partial charge in [-0.2, -0.15) is 0 Å². The molecule has 4 aromatic rings. The number of furan rings is 1. The highest BCUT2D eigenvalue weighted by atomic mass is 16.5. The van der Waals surface area contributed by atoms with E-state index in [1.54, 1.807) is 48.9 Å². The van der Waals surface area contributed by atoms with Crippen molar-refractivity contribution in [1.29, 1.82) is 0 Å². The van der Waals surface area contributed by atoms with E-state index in [0.29, 0.717) is 43.2 Å². The van der Waals surface area contributed by atoms with E-state index in [1.165, 1.54) is 11.2 Å². The number of aliphatic hydroxyl groups is 1. The largest absolute Gasteiger partial charge is 0.507 e. The lowest BCUT2D eigenvalue weighted by atomic mass is 9.99. The fraction of sp³-hybridized carbons (Fsp3) is 0.207. The van der Waals surface area contributed by atoms with Crippen LogP contribution in [0.1, 0.15) is 34.9 Å². The van der Waals surface area contributed by atoms with Crippen LogP contribution in [0.5, 0.6) is 5.75 Å². The summed E-state index contributed by atoms with van der Waals surface area (Å²) in [5, 5.41) is 11.2. The Bertz CT molecular complexity index is 1410. The Morgan fingerprint density at radius 2 is 1.86 bits per heavy atom. The molecule has 0 radical (unpaired) electrons. The van der Waals surface area contributed by atoms with Crippen LogP contribution < -0.4 is 4.74 Å². The first-order valence-electron chi connectivity index (χ1n) is 12.1. The van der Waals surface area contributed by atoms with Gasteiger partial charge < -0.3 is 23.7 Å². The Balaban J connectivity index is 1.37. The number of ether oxygens (including phenoxy) is 1. The Morgan fingerprint density at radius 3 is 2.57 bits per heavy atom. The molecule has 5 rings (SSSR count). The van der Waals surface area contributed by atoms with Crippen LogP contribution in [-0.2, 0) is 22.7 Å². The summed E-state index contributed by atoms with van der Waals surface area (Å²) in [5.41, 5.74) is 2.65. The lowest BCUT2D eigenvalue weighted by Gasteiger charge is -2.23. The summed E-state index contributed by atoms with van der Waals surface area (Å²) in [6, 6.07) is 17.4. The van der Waals surface area contributed by atoms with Gasteiger partial charge in [-0.25, -0.2) is 4.98 Å². The van der Waals surface area contributed by atoms with Gasteiger partial charge in [0.1, 0.15) is 29.9 Å². The Labute approximate surface area is 214 Å². The number of nitrogens with zero attached hydrogens (tertiary/aromatic N) is 3. The second kappa shape index (κ2) is 10.6. The molecule has 2 aromatic heterocycles. The number of aromatic nitrogens is 2. The van der Waals surface area contributed by atoms with Crippen molar-refractivity contribution in [2.75, 3.05) is 6.54 Å². The highest BCUT2D eigenvalue weighted by Gasteiger charge is 2.47. The molecule has 3 heterocycles. The van der Waals surface area contributed by atoms with Crippen LogP contribution in [-0.4, -0.2) is 37.8 Å². The van der Waals surface area contributed by atoms with Gasteiger partial charge in [-0.15, -0.1) is 0 Å². The molecule has 0 spiro atoms. The van der Waals surface area contributed by atoms with E-state index in [2.05, 4.69) is 4.98 Å². The van der Waals surface area contributed by atoms with Gasteiger partial charge in [-0.05, 0) is 60.9 Å². The SMILES string of the molecule is Cc1ccccc1COc1ccc(C(O)=C2C(=O)C(=O)N(CCCn3ccnc3)[C@H]2c2ccco2)cc1. The molecule has 8 heteroatoms. The number of carbonyl (C=O) groups is 2. The minimum Gasteiger partial charge on any atom is -0.507 e. The lowest BCUT2D eigenvalue weighted by Crippen LogP contribution is -2.31. The van der Waals surface area contributed by atoms with E-state index < -0.39 is 17.7 Å². The van der Waals surface area contributed by atoms with E-state index in [9.17, 15) is 14.7 Å². The minimum absolute atomic E-state index is 0.0103. The third kappa shape index (κ3) is 5.04. The number of hydrogen-bond donors (Lipinski definition) is 1. The Kier molecular flexibility index (Phi) is 6.89. The van der Waals surface area contributed by atoms with Crippen molar-refractivity contribution in [2.24, 2.45) is 0 Å². The number of aliphatic hydroxyl groups excluding tert-OH is 1. The van der Waals surface area contributed by atoms with Crippen LogP contribution in [0.15, 0.2) is 95.6 Å². The number of rotatable bonds is 9. The molecule has 8 nitrogen and oxygen atoms in total. The second-order valence-corrected chi connectivity index (χ2v) is 8.90. The molecule has 0 unspecified atom stereocenters. The molecule has 37 heavy (non-hydrogen) atoms. The van der Waals surface area contributed by atoms with Crippen molar-refractivity contribution in [3.63, 3.8) is 0 Å². The molecule has 0 bridgehead atoms. The third-order valence-corrected chi connectivity index (χ3v) is 6.51. The van der Waals surface area contributed by atoms with E-state index >= 15 is 0 Å². The zero-order chi connectivity index (χ0) is 25.8. The summed E-state index contributed by atoms with van der Waals surface area (Å²) in [4.78, 5) is 31.6. The second-order valence-electron chi connectivity index (χ2n) is 8.90. The maximum Gasteiger partial charge on any atom is 0.295 e. The fourth-order valence-electron chi connectivity index (χ4n) is 4.49. The summed E-state index contributed by atoms with van der Waals surface area (Å²) in [6.45, 7) is 3.40. The predicted molar refractivity (Wildman–Crippen MR) is 137 cm³/mol. The molecule has 1 N–H and O–H groups in total. The van der Waals surface area contributed by atoms with E-state index in [0.717, 1.165) is 11.1 Å². The fourth-order valence-corrected chi connectivity index (χ4v) is 4.49. The Hall–Kier alpha value is -4.59. The quantitative estimate of drug-likeness (QED) is 0.201. The molecule has 1 atom stereocenters. The van der Waals surface area contributed by atoms with Crippen LogP contribution in [0, 0.1) is 6.92 Å². The zero-order valence-electron chi connectivity index (χ0n) is 20.4. The highest BCUT2D eigenvalue weighted by Crippen LogP contribution is 2.39. The first kappa shape index (κ1) is 24.1. The van der Waals surface area contributed by atoms with Crippen molar-refractivity contribution in [1.82, 2.24) is 14.5 Å². The smallest absolute Gasteiger partial charge is 0.295 e. The van der Waals surface area contributed by atoms with Crippen molar-refractivity contribution < 1.29 is 23.8 Å². The number of likely N-dealkylation sites (tertiary alicyclic amines) is 1. The van der Waals surface area contributed by atoms with Crippen LogP contribution in [0.2, 0.25) is 0 Å². The Morgan fingerprint density at radius 1 is 1.05 bits per heavy atom. The number of amides is 1. The molecule has 0 aliphatic carbocycles. The summed E-state index contributed by atoms with van der Waals surface area (Å²) in [7, 11) is 0. The lowest BCUT2D eigenvalue weighted by molar-refractivity contribution is -0.140. The molecule has 2 aromatic carbocycles. The number of Topliss-reactive ketones (excluding diaryl/α,β-unsaturated/α-hetero) is 1. The number of hydrogen-bond acceptors (Lipinski definition) is 6. The van der Waals surface area contributed by atoms with Crippen LogP contribution >= 0.6 is 0 Å². The first-order valence-corrected chi connectivity index (χ1v) is 12.1. The third-order valence-electron chi connectivity index (χ3n) is 6.51. The molecule has 188 valence electrons. The summed E-state index contributed by atoms with van der Waals surface area (Å²) in [6.07, 6.45) is 7.32. The van der Waals surface area contributed by atoms with Crippen LogP contribution in [0.25, 0.3) is 5.76 Å². The normalized spacial score (nSPS) is 16.9. The average Bonchev–Trinajstić information content (AvgIpc) is 3.67. The molecule has 1 amide bonds. The highest BCUT2D eigenvalue weighted by molar-refractivity contribution is 6.46. The van der Waals surface area contributed by atoms with Crippen molar-refractivity contribution in [3.05, 3.63) is 114 Å².